The van der Waals surface area contributed by atoms with Gasteiger partial charge in [-0.1, -0.05) is 42.1 Å². The van der Waals surface area contributed by atoms with Crippen molar-refractivity contribution in [1.82, 2.24) is 10.2 Å². The Morgan fingerprint density at radius 2 is 1.94 bits per heavy atom. The van der Waals surface area contributed by atoms with Crippen LogP contribution in [0.5, 0.6) is 0 Å². The highest BCUT2D eigenvalue weighted by Gasteiger charge is 2.40. The molecule has 17 heavy (non-hydrogen) atoms. The van der Waals surface area contributed by atoms with Gasteiger partial charge in [-0.15, -0.1) is 0 Å². The summed E-state index contributed by atoms with van der Waals surface area (Å²) in [6, 6.07) is 10.6. The molecule has 3 nitrogen and oxygen atoms in total. The Balaban J connectivity index is 1.92. The molecule has 1 aromatic carbocycles. The molecule has 1 saturated heterocycles. The smallest absolute Gasteiger partial charge is 0.170 e. The van der Waals surface area contributed by atoms with E-state index in [1.165, 1.54) is 5.56 Å². The molecule has 0 bridgehead atoms. The van der Waals surface area contributed by atoms with Crippen molar-refractivity contribution in [2.24, 2.45) is 0 Å². The summed E-state index contributed by atoms with van der Waals surface area (Å²) in [4.78, 5) is 2.32. The summed E-state index contributed by atoms with van der Waals surface area (Å²) < 4.78 is 5.44. The van der Waals surface area contributed by atoms with Crippen LogP contribution in [0, 0.1) is 0 Å². The third-order valence-corrected chi connectivity index (χ3v) is 4.43. The van der Waals surface area contributed by atoms with E-state index in [1.807, 2.05) is 18.0 Å². The molecular weight excluding hydrogens is 232 g/mol. The quantitative estimate of drug-likeness (QED) is 0.864. The first kappa shape index (κ1) is 11.1. The topological polar surface area (TPSA) is 24.5 Å². The third kappa shape index (κ3) is 1.97. The van der Waals surface area contributed by atoms with Gasteiger partial charge in [-0.25, -0.2) is 0 Å². The van der Waals surface area contributed by atoms with Gasteiger partial charge in [0.2, 0.25) is 0 Å². The fourth-order valence-electron chi connectivity index (χ4n) is 2.36. The minimum absolute atomic E-state index is 0.134. The van der Waals surface area contributed by atoms with E-state index in [9.17, 15) is 0 Å². The summed E-state index contributed by atoms with van der Waals surface area (Å²) in [6.07, 6.45) is 2.03. The van der Waals surface area contributed by atoms with Gasteiger partial charge in [0.1, 0.15) is 0 Å². The second kappa shape index (κ2) is 4.72. The monoisotopic (exact) mass is 248 g/mol. The van der Waals surface area contributed by atoms with Gasteiger partial charge in [0.25, 0.3) is 0 Å². The number of rotatable bonds is 2. The van der Waals surface area contributed by atoms with Crippen LogP contribution in [-0.4, -0.2) is 31.2 Å². The highest BCUT2D eigenvalue weighted by atomic mass is 32.2. The van der Waals surface area contributed by atoms with Gasteiger partial charge in [0.15, 0.2) is 4.99 Å². The minimum atomic E-state index is -0.134. The Bertz CT molecular complexity index is 393. The first-order valence-corrected chi connectivity index (χ1v) is 6.79. The van der Waals surface area contributed by atoms with Crippen LogP contribution in [0.1, 0.15) is 5.56 Å². The second-order valence-corrected chi connectivity index (χ2v) is 5.27. The molecule has 2 aliphatic heterocycles. The molecule has 3 rings (SSSR count). The summed E-state index contributed by atoms with van der Waals surface area (Å²) in [5.41, 5.74) is 1.30. The first-order valence-electron chi connectivity index (χ1n) is 5.91. The predicted molar refractivity (Wildman–Crippen MR) is 70.4 cm³/mol. The third-order valence-electron chi connectivity index (χ3n) is 3.21. The van der Waals surface area contributed by atoms with Gasteiger partial charge >= 0.3 is 0 Å². The van der Waals surface area contributed by atoms with E-state index in [0.717, 1.165) is 26.3 Å². The van der Waals surface area contributed by atoms with Crippen LogP contribution in [0.15, 0.2) is 41.9 Å². The van der Waals surface area contributed by atoms with E-state index in [1.54, 1.807) is 0 Å². The van der Waals surface area contributed by atoms with Gasteiger partial charge in [0, 0.05) is 24.9 Å². The summed E-state index contributed by atoms with van der Waals surface area (Å²) in [5, 5.41) is 5.64. The van der Waals surface area contributed by atoms with Crippen molar-refractivity contribution < 1.29 is 4.74 Å². The lowest BCUT2D eigenvalue weighted by molar-refractivity contribution is 0.00118. The molecule has 0 radical (unpaired) electrons. The number of thioether (sulfide) groups is 1. The number of hydrogen-bond donors (Lipinski definition) is 1. The molecule has 1 fully saturated rings. The molecular formula is C13H16N2OS. The van der Waals surface area contributed by atoms with Gasteiger partial charge in [-0.2, -0.15) is 0 Å². The highest BCUT2D eigenvalue weighted by molar-refractivity contribution is 8.03. The fourth-order valence-corrected chi connectivity index (χ4v) is 3.43. The Labute approximate surface area is 106 Å². The number of morpholine rings is 1. The van der Waals surface area contributed by atoms with E-state index in [2.05, 4.69) is 46.0 Å². The number of nitrogens with one attached hydrogen (secondary N) is 1. The van der Waals surface area contributed by atoms with Crippen LogP contribution in [0.4, 0.5) is 0 Å². The van der Waals surface area contributed by atoms with Crippen molar-refractivity contribution >= 4 is 11.8 Å². The molecule has 0 spiro atoms. The molecule has 4 heteroatoms. The molecule has 1 unspecified atom stereocenters. The van der Waals surface area contributed by atoms with E-state index >= 15 is 0 Å². The van der Waals surface area contributed by atoms with Crippen LogP contribution in [0.25, 0.3) is 0 Å². The highest BCUT2D eigenvalue weighted by Crippen LogP contribution is 2.41. The molecule has 2 heterocycles. The van der Waals surface area contributed by atoms with E-state index in [0.29, 0.717) is 0 Å². The molecule has 1 aromatic rings. The summed E-state index contributed by atoms with van der Waals surface area (Å²) in [6.45, 7) is 3.57. The summed E-state index contributed by atoms with van der Waals surface area (Å²) in [7, 11) is 0. The SMILES string of the molecule is C1=CSC(c2ccccc2)(N2CCOCC2)N1. The Morgan fingerprint density at radius 3 is 2.59 bits per heavy atom. The Hall–Kier alpha value is -0.970. The zero-order valence-corrected chi connectivity index (χ0v) is 10.5. The van der Waals surface area contributed by atoms with Crippen LogP contribution < -0.4 is 5.32 Å². The number of hydrogen-bond acceptors (Lipinski definition) is 4. The van der Waals surface area contributed by atoms with Crippen LogP contribution in [-0.2, 0) is 9.73 Å². The molecule has 1 atom stereocenters. The fraction of sp³-hybridized carbons (Fsp3) is 0.385. The zero-order valence-electron chi connectivity index (χ0n) is 9.63. The van der Waals surface area contributed by atoms with Crippen LogP contribution >= 0.6 is 11.8 Å². The average Bonchev–Trinajstić information content (AvgIpc) is 2.91. The number of nitrogens with zero attached hydrogens (tertiary/aromatic N) is 1. The molecule has 0 saturated carbocycles. The summed E-state index contributed by atoms with van der Waals surface area (Å²) >= 11 is 1.83. The molecule has 0 aliphatic carbocycles. The average molecular weight is 248 g/mol. The van der Waals surface area contributed by atoms with Crippen molar-refractivity contribution in [3.8, 4) is 0 Å². The second-order valence-electron chi connectivity index (χ2n) is 4.17. The molecule has 90 valence electrons. The van der Waals surface area contributed by atoms with Crippen LogP contribution in [0.2, 0.25) is 0 Å². The van der Waals surface area contributed by atoms with E-state index in [-0.39, 0.29) is 4.99 Å². The minimum Gasteiger partial charge on any atom is -0.379 e. The van der Waals surface area contributed by atoms with E-state index in [4.69, 9.17) is 4.74 Å². The van der Waals surface area contributed by atoms with Crippen molar-refractivity contribution in [2.75, 3.05) is 26.3 Å². The lowest BCUT2D eigenvalue weighted by atomic mass is 10.1. The normalized spacial score (nSPS) is 29.2. The first-order chi connectivity index (χ1) is 8.42. The predicted octanol–water partition coefficient (Wildman–Crippen LogP) is 1.94. The van der Waals surface area contributed by atoms with Crippen molar-refractivity contribution in [3.63, 3.8) is 0 Å². The van der Waals surface area contributed by atoms with E-state index < -0.39 is 0 Å². The van der Waals surface area contributed by atoms with Crippen molar-refractivity contribution in [1.29, 1.82) is 0 Å². The summed E-state index contributed by atoms with van der Waals surface area (Å²) in [5.74, 6) is 0. The van der Waals surface area contributed by atoms with Crippen LogP contribution in [0.3, 0.4) is 0 Å². The Kier molecular flexibility index (Phi) is 3.09. The maximum atomic E-state index is 5.44. The largest absolute Gasteiger partial charge is 0.379 e. The number of ether oxygens (including phenoxy) is 1. The maximum Gasteiger partial charge on any atom is 0.170 e. The number of benzene rings is 1. The van der Waals surface area contributed by atoms with Gasteiger partial charge in [-0.3, -0.25) is 4.90 Å². The lowest BCUT2D eigenvalue weighted by Gasteiger charge is -2.42. The van der Waals surface area contributed by atoms with Gasteiger partial charge < -0.3 is 10.1 Å². The van der Waals surface area contributed by atoms with Crippen molar-refractivity contribution in [2.45, 2.75) is 4.99 Å². The van der Waals surface area contributed by atoms with Gasteiger partial charge in [-0.05, 0) is 5.41 Å². The zero-order chi connectivity index (χ0) is 11.6. The van der Waals surface area contributed by atoms with Crippen molar-refractivity contribution in [3.05, 3.63) is 47.5 Å². The molecule has 1 N–H and O–H groups in total. The lowest BCUT2D eigenvalue weighted by Crippen LogP contribution is -2.54. The molecule has 0 aromatic heterocycles. The maximum absolute atomic E-state index is 5.44. The Morgan fingerprint density at radius 1 is 1.18 bits per heavy atom. The standard InChI is InChI=1S/C13H16N2OS/c1-2-4-12(5-3-1)13(14-6-11-17-13)15-7-9-16-10-8-15/h1-6,11,14H,7-10H2. The van der Waals surface area contributed by atoms with Gasteiger partial charge in [0.05, 0.1) is 13.2 Å². The molecule has 0 amide bonds. The molecule has 2 aliphatic rings.